The number of rotatable bonds is 4. The largest absolute Gasteiger partial charge is 0.790 e. The highest BCUT2D eigenvalue weighted by Gasteiger charge is 2.51. The van der Waals surface area contributed by atoms with Crippen LogP contribution in [-0.4, -0.2) is 57.7 Å². The van der Waals surface area contributed by atoms with Crippen molar-refractivity contribution in [1.82, 2.24) is 22.2 Å². The third kappa shape index (κ3) is 4.01. The van der Waals surface area contributed by atoms with Gasteiger partial charge >= 0.3 is 6.03 Å². The zero-order valence-electron chi connectivity index (χ0n) is 14.0. The van der Waals surface area contributed by atoms with Gasteiger partial charge in [-0.05, 0) is 12.1 Å². The number of carbonyl (C=O) groups excluding carboxylic acids is 2. The molecule has 1 aromatic heterocycles. The maximum Gasteiger partial charge on any atom is 0.332 e. The fourth-order valence-electron chi connectivity index (χ4n) is 2.88. The van der Waals surface area contributed by atoms with Crippen LogP contribution in [0.3, 0.4) is 0 Å². The SMILES string of the molecule is O=C1NC(=O)n2cccc2C1[C@@H]1O[C@H](COP(=O)([O-])[O-])[C@@H](O)[C@H]1O.[NH4+].[NH4+]. The molecule has 11 N–H and O–H groups in total. The maximum atomic E-state index is 12.1. The second-order valence-electron chi connectivity index (χ2n) is 5.44. The Morgan fingerprint density at radius 3 is 2.54 bits per heavy atom. The molecular formula is C12H21N4O9P. The third-order valence-electron chi connectivity index (χ3n) is 3.96. The molecule has 1 fully saturated rings. The van der Waals surface area contributed by atoms with Crippen molar-refractivity contribution in [1.29, 1.82) is 0 Å². The molecule has 148 valence electrons. The molecule has 2 aliphatic heterocycles. The second kappa shape index (κ2) is 7.92. The van der Waals surface area contributed by atoms with E-state index in [0.29, 0.717) is 0 Å². The van der Waals surface area contributed by atoms with Crippen LogP contribution in [0, 0.1) is 0 Å². The number of quaternary nitrogens is 2. The van der Waals surface area contributed by atoms with Gasteiger partial charge in [0.2, 0.25) is 5.91 Å². The molecule has 0 aliphatic carbocycles. The lowest BCUT2D eigenvalue weighted by molar-refractivity contribution is -0.343. The van der Waals surface area contributed by atoms with Gasteiger partial charge in [-0.25, -0.2) is 4.79 Å². The Kier molecular flexibility index (Phi) is 6.81. The summed E-state index contributed by atoms with van der Waals surface area (Å²) in [4.78, 5) is 44.9. The summed E-state index contributed by atoms with van der Waals surface area (Å²) in [6.45, 7) is -0.798. The van der Waals surface area contributed by atoms with Crippen molar-refractivity contribution in [3.63, 3.8) is 0 Å². The summed E-state index contributed by atoms with van der Waals surface area (Å²) in [5, 5.41) is 22.2. The van der Waals surface area contributed by atoms with Gasteiger partial charge in [0.25, 0.3) is 0 Å². The summed E-state index contributed by atoms with van der Waals surface area (Å²) < 4.78 is 21.1. The quantitative estimate of drug-likeness (QED) is 0.344. The zero-order valence-corrected chi connectivity index (χ0v) is 14.9. The smallest absolute Gasteiger partial charge is 0.332 e. The number of phosphoric acid groups is 1. The molecule has 13 nitrogen and oxygen atoms in total. The van der Waals surface area contributed by atoms with Gasteiger partial charge in [0.15, 0.2) is 0 Å². The fraction of sp³-hybridized carbons (Fsp3) is 0.500. The summed E-state index contributed by atoms with van der Waals surface area (Å²) in [7, 11) is -5.28. The van der Waals surface area contributed by atoms with Crippen LogP contribution in [0.2, 0.25) is 0 Å². The van der Waals surface area contributed by atoms with Crippen LogP contribution in [0.4, 0.5) is 4.79 Å². The minimum Gasteiger partial charge on any atom is -0.790 e. The molecule has 1 aromatic rings. The number of amides is 2. The molecule has 0 spiro atoms. The fourth-order valence-corrected chi connectivity index (χ4v) is 3.21. The number of nitrogens with one attached hydrogen (secondary N) is 1. The van der Waals surface area contributed by atoms with Gasteiger partial charge in [0.1, 0.15) is 30.3 Å². The highest BCUT2D eigenvalue weighted by atomic mass is 31.2. The lowest BCUT2D eigenvalue weighted by atomic mass is 9.91. The minimum absolute atomic E-state index is 0. The van der Waals surface area contributed by atoms with Gasteiger partial charge < -0.3 is 46.1 Å². The Bertz CT molecular complexity index is 719. The van der Waals surface area contributed by atoms with Crippen LogP contribution in [-0.2, 0) is 18.6 Å². The molecular weight excluding hydrogens is 375 g/mol. The normalized spacial score (nSPS) is 30.8. The maximum absolute atomic E-state index is 12.1. The first-order valence-corrected chi connectivity index (χ1v) is 8.36. The predicted octanol–water partition coefficient (Wildman–Crippen LogP) is -2.24. The Hall–Kier alpha value is -1.67. The van der Waals surface area contributed by atoms with Crippen LogP contribution in [0.5, 0.6) is 0 Å². The number of fused-ring (bicyclic) bond motifs is 1. The van der Waals surface area contributed by atoms with Crippen molar-refractivity contribution in [2.24, 2.45) is 0 Å². The lowest BCUT2D eigenvalue weighted by Gasteiger charge is -2.30. The van der Waals surface area contributed by atoms with E-state index >= 15 is 0 Å². The van der Waals surface area contributed by atoms with E-state index in [1.165, 1.54) is 18.3 Å². The summed E-state index contributed by atoms with van der Waals surface area (Å²) in [6.07, 6.45) is -4.30. The molecule has 0 bridgehead atoms. The number of aromatic nitrogens is 1. The van der Waals surface area contributed by atoms with Gasteiger partial charge in [-0.2, -0.15) is 0 Å². The first-order chi connectivity index (χ1) is 11.2. The van der Waals surface area contributed by atoms with Gasteiger partial charge in [0, 0.05) is 11.9 Å². The number of ether oxygens (including phenoxy) is 1. The van der Waals surface area contributed by atoms with Crippen LogP contribution in [0.15, 0.2) is 18.3 Å². The highest BCUT2D eigenvalue weighted by molar-refractivity contribution is 7.43. The minimum atomic E-state index is -5.28. The lowest BCUT2D eigenvalue weighted by Crippen LogP contribution is -2.50. The van der Waals surface area contributed by atoms with E-state index in [9.17, 15) is 34.2 Å². The average molecular weight is 396 g/mol. The number of hydrogen-bond donors (Lipinski definition) is 5. The standard InChI is InChI=1S/C12H15N2O9P.2H3N/c15-8-6(4-22-24(19,20)21)23-10(9(8)16)7-5-2-1-3-14(5)12(18)13-11(7)17;;/h1-3,6-10,15-16H,4H2,(H,13,17,18)(H2,19,20,21);2*1H3/t6-,7?,8-,9-,10+;;/m1../s1. The number of phosphoric ester groups is 1. The van der Waals surface area contributed by atoms with Crippen molar-refractivity contribution >= 4 is 19.8 Å². The number of nitrogens with zero attached hydrogens (tertiary/aromatic N) is 1. The van der Waals surface area contributed by atoms with Crippen molar-refractivity contribution in [3.8, 4) is 0 Å². The molecule has 3 heterocycles. The molecule has 2 amide bonds. The van der Waals surface area contributed by atoms with Gasteiger partial charge in [-0.1, -0.05) is 0 Å². The summed E-state index contributed by atoms with van der Waals surface area (Å²) >= 11 is 0. The molecule has 0 aromatic carbocycles. The van der Waals surface area contributed by atoms with Crippen molar-refractivity contribution in [3.05, 3.63) is 24.0 Å². The highest BCUT2D eigenvalue weighted by Crippen LogP contribution is 2.36. The van der Waals surface area contributed by atoms with Crippen LogP contribution >= 0.6 is 7.82 Å². The Morgan fingerprint density at radius 1 is 1.27 bits per heavy atom. The molecule has 14 heteroatoms. The Balaban J connectivity index is 0.00000169. The van der Waals surface area contributed by atoms with E-state index in [4.69, 9.17) is 4.74 Å². The molecule has 3 rings (SSSR count). The van der Waals surface area contributed by atoms with Crippen molar-refractivity contribution in [2.45, 2.75) is 30.3 Å². The van der Waals surface area contributed by atoms with Crippen LogP contribution in [0.25, 0.3) is 0 Å². The second-order valence-corrected chi connectivity index (χ2v) is 6.59. The number of aliphatic hydroxyl groups excluding tert-OH is 2. The van der Waals surface area contributed by atoms with Crippen molar-refractivity contribution in [2.75, 3.05) is 6.61 Å². The number of aliphatic hydroxyl groups is 2. The topological polar surface area (TPSA) is 246 Å². The third-order valence-corrected chi connectivity index (χ3v) is 4.42. The molecule has 26 heavy (non-hydrogen) atoms. The number of imide groups is 1. The van der Waals surface area contributed by atoms with E-state index in [2.05, 4.69) is 9.84 Å². The summed E-state index contributed by atoms with van der Waals surface area (Å²) in [6, 6.07) is 2.34. The molecule has 5 atom stereocenters. The molecule has 0 radical (unpaired) electrons. The first kappa shape index (κ1) is 22.4. The van der Waals surface area contributed by atoms with E-state index in [1.807, 2.05) is 0 Å². The Morgan fingerprint density at radius 2 is 1.92 bits per heavy atom. The molecule has 2 aliphatic rings. The summed E-state index contributed by atoms with van der Waals surface area (Å²) in [5.74, 6) is -1.85. The Labute approximate surface area is 147 Å². The number of hydrogen-bond acceptors (Lipinski definition) is 9. The zero-order chi connectivity index (χ0) is 17.6. The van der Waals surface area contributed by atoms with E-state index < -0.39 is 56.7 Å². The average Bonchev–Trinajstić information content (AvgIpc) is 3.05. The predicted molar refractivity (Wildman–Crippen MR) is 82.3 cm³/mol. The van der Waals surface area contributed by atoms with Crippen molar-refractivity contribution < 1.29 is 43.4 Å². The van der Waals surface area contributed by atoms with Gasteiger partial charge in [-0.3, -0.25) is 14.7 Å². The van der Waals surface area contributed by atoms with Gasteiger partial charge in [0.05, 0.1) is 14.4 Å². The molecule has 0 saturated carbocycles. The van der Waals surface area contributed by atoms with E-state index in [-0.39, 0.29) is 18.0 Å². The van der Waals surface area contributed by atoms with Crippen LogP contribution in [0.1, 0.15) is 11.6 Å². The van der Waals surface area contributed by atoms with E-state index in [0.717, 1.165) is 4.57 Å². The van der Waals surface area contributed by atoms with Gasteiger partial charge in [-0.15, -0.1) is 0 Å². The summed E-state index contributed by atoms with van der Waals surface area (Å²) in [5.41, 5.74) is 0.250. The van der Waals surface area contributed by atoms with E-state index in [1.54, 1.807) is 0 Å². The molecule has 1 saturated heterocycles. The molecule has 1 unspecified atom stereocenters. The van der Waals surface area contributed by atoms with Crippen LogP contribution < -0.4 is 27.4 Å². The first-order valence-electron chi connectivity index (χ1n) is 6.89. The monoisotopic (exact) mass is 396 g/mol. The number of carbonyl (C=O) groups is 2.